The number of likely N-dealkylation sites (N-methyl/N-ethyl adjacent to an activating group) is 2. The van der Waals surface area contributed by atoms with Crippen molar-refractivity contribution in [3.8, 4) is 0 Å². The molecular weight excluding hydrogens is 264 g/mol. The summed E-state index contributed by atoms with van der Waals surface area (Å²) in [7, 11) is 7.88. The third-order valence-electron chi connectivity index (χ3n) is 4.29. The van der Waals surface area contributed by atoms with E-state index in [-0.39, 0.29) is 5.91 Å². The minimum atomic E-state index is 0.172. The van der Waals surface area contributed by atoms with Crippen LogP contribution in [0.1, 0.15) is 12.0 Å². The minimum Gasteiger partial charge on any atom is -0.348 e. The van der Waals surface area contributed by atoms with Crippen molar-refractivity contribution in [3.05, 3.63) is 30.1 Å². The van der Waals surface area contributed by atoms with Crippen molar-refractivity contribution in [1.29, 1.82) is 0 Å². The maximum absolute atomic E-state index is 12.0. The summed E-state index contributed by atoms with van der Waals surface area (Å²) in [5, 5.41) is 0. The Balaban J connectivity index is 2.11. The largest absolute Gasteiger partial charge is 0.348 e. The van der Waals surface area contributed by atoms with Gasteiger partial charge >= 0.3 is 0 Å². The van der Waals surface area contributed by atoms with Gasteiger partial charge in [-0.05, 0) is 38.6 Å². The van der Waals surface area contributed by atoms with Crippen LogP contribution in [0.4, 0.5) is 0 Å². The van der Waals surface area contributed by atoms with Gasteiger partial charge in [-0.2, -0.15) is 0 Å². The van der Waals surface area contributed by atoms with E-state index in [1.54, 1.807) is 11.1 Å². The predicted octanol–water partition coefficient (Wildman–Crippen LogP) is 0.717. The molecule has 0 aliphatic carbocycles. The van der Waals surface area contributed by atoms with Crippen molar-refractivity contribution in [1.82, 2.24) is 19.7 Å². The van der Waals surface area contributed by atoms with E-state index in [1.165, 1.54) is 5.56 Å². The quantitative estimate of drug-likeness (QED) is 0.801. The lowest BCUT2D eigenvalue weighted by atomic mass is 10.0. The third kappa shape index (κ3) is 4.02. The molecule has 1 aromatic rings. The number of rotatable bonds is 5. The van der Waals surface area contributed by atoms with Crippen LogP contribution in [0.5, 0.6) is 0 Å². The van der Waals surface area contributed by atoms with E-state index in [0.717, 1.165) is 19.4 Å². The van der Waals surface area contributed by atoms with Gasteiger partial charge in [0.2, 0.25) is 5.91 Å². The van der Waals surface area contributed by atoms with E-state index in [4.69, 9.17) is 0 Å². The topological polar surface area (TPSA) is 39.7 Å². The molecule has 0 aromatic carbocycles. The first kappa shape index (κ1) is 15.9. The minimum absolute atomic E-state index is 0.172. The third-order valence-corrected chi connectivity index (χ3v) is 4.29. The van der Waals surface area contributed by atoms with Gasteiger partial charge in [0, 0.05) is 45.1 Å². The van der Waals surface area contributed by atoms with Gasteiger partial charge in [-0.3, -0.25) is 14.7 Å². The van der Waals surface area contributed by atoms with Gasteiger partial charge in [-0.25, -0.2) is 0 Å². The molecule has 0 bridgehead atoms. The number of nitrogens with zero attached hydrogens (tertiary/aromatic N) is 4. The maximum Gasteiger partial charge on any atom is 0.236 e. The summed E-state index contributed by atoms with van der Waals surface area (Å²) < 4.78 is 0. The number of aromatic nitrogens is 1. The molecule has 2 atom stereocenters. The van der Waals surface area contributed by atoms with Crippen molar-refractivity contribution < 1.29 is 4.79 Å². The van der Waals surface area contributed by atoms with Gasteiger partial charge in [0.05, 0.1) is 6.54 Å². The zero-order valence-corrected chi connectivity index (χ0v) is 13.5. The van der Waals surface area contributed by atoms with E-state index in [9.17, 15) is 4.79 Å². The molecule has 1 amide bonds. The highest BCUT2D eigenvalue weighted by atomic mass is 16.2. The first-order valence-electron chi connectivity index (χ1n) is 7.48. The predicted molar refractivity (Wildman–Crippen MR) is 84.1 cm³/mol. The molecule has 116 valence electrons. The molecule has 0 saturated carbocycles. The molecule has 1 aromatic heterocycles. The van der Waals surface area contributed by atoms with Crippen LogP contribution in [0.25, 0.3) is 0 Å². The lowest BCUT2D eigenvalue weighted by Gasteiger charge is -2.31. The number of carbonyl (C=O) groups is 1. The standard InChI is InChI=1S/C16H26N4O/c1-18(2)14-7-9-20(12-16(21)19(3)4)15(14)10-13-6-5-8-17-11-13/h5-6,8,11,14-15H,7,9-10,12H2,1-4H3/t14-,15+/m0/s1. The fourth-order valence-corrected chi connectivity index (χ4v) is 3.04. The number of amides is 1. The molecular formula is C16H26N4O. The molecule has 2 heterocycles. The number of hydrogen-bond donors (Lipinski definition) is 0. The molecule has 0 radical (unpaired) electrons. The first-order chi connectivity index (χ1) is 9.99. The fourth-order valence-electron chi connectivity index (χ4n) is 3.04. The lowest BCUT2D eigenvalue weighted by molar-refractivity contribution is -0.130. The second-order valence-electron chi connectivity index (χ2n) is 6.21. The zero-order valence-electron chi connectivity index (χ0n) is 13.5. The smallest absolute Gasteiger partial charge is 0.236 e. The summed E-state index contributed by atoms with van der Waals surface area (Å²) in [4.78, 5) is 22.5. The molecule has 1 aliphatic rings. The second kappa shape index (κ2) is 7.00. The lowest BCUT2D eigenvalue weighted by Crippen LogP contribution is -2.46. The number of carbonyl (C=O) groups excluding carboxylic acids is 1. The summed E-state index contributed by atoms with van der Waals surface area (Å²) in [6, 6.07) is 4.95. The van der Waals surface area contributed by atoms with Crippen molar-refractivity contribution in [3.63, 3.8) is 0 Å². The molecule has 0 unspecified atom stereocenters. The van der Waals surface area contributed by atoms with Crippen LogP contribution in [-0.4, -0.2) is 79.0 Å². The molecule has 0 N–H and O–H groups in total. The average molecular weight is 290 g/mol. The molecule has 5 heteroatoms. The van der Waals surface area contributed by atoms with E-state index in [0.29, 0.717) is 18.6 Å². The molecule has 1 fully saturated rings. The monoisotopic (exact) mass is 290 g/mol. The van der Waals surface area contributed by atoms with Crippen LogP contribution < -0.4 is 0 Å². The van der Waals surface area contributed by atoms with E-state index < -0.39 is 0 Å². The van der Waals surface area contributed by atoms with Gasteiger partial charge in [-0.1, -0.05) is 6.07 Å². The van der Waals surface area contributed by atoms with Gasteiger partial charge in [0.1, 0.15) is 0 Å². The van der Waals surface area contributed by atoms with Gasteiger partial charge in [0.15, 0.2) is 0 Å². The molecule has 1 saturated heterocycles. The SMILES string of the molecule is CN(C)C(=O)CN1CC[C@H](N(C)C)[C@H]1Cc1cccnc1. The highest BCUT2D eigenvalue weighted by Gasteiger charge is 2.36. The Hall–Kier alpha value is -1.46. The van der Waals surface area contributed by atoms with Gasteiger partial charge < -0.3 is 9.80 Å². The number of pyridine rings is 1. The van der Waals surface area contributed by atoms with Crippen LogP contribution in [-0.2, 0) is 11.2 Å². The normalized spacial score (nSPS) is 22.7. The van der Waals surface area contributed by atoms with Crippen LogP contribution in [0, 0.1) is 0 Å². The zero-order chi connectivity index (χ0) is 15.4. The van der Waals surface area contributed by atoms with Crippen LogP contribution in [0.2, 0.25) is 0 Å². The van der Waals surface area contributed by atoms with Crippen molar-refractivity contribution in [2.45, 2.75) is 24.9 Å². The van der Waals surface area contributed by atoms with Crippen LogP contribution in [0.3, 0.4) is 0 Å². The molecule has 0 spiro atoms. The van der Waals surface area contributed by atoms with Crippen LogP contribution in [0.15, 0.2) is 24.5 Å². The Morgan fingerprint density at radius 1 is 1.38 bits per heavy atom. The fraction of sp³-hybridized carbons (Fsp3) is 0.625. The van der Waals surface area contributed by atoms with Crippen LogP contribution >= 0.6 is 0 Å². The molecule has 21 heavy (non-hydrogen) atoms. The molecule has 1 aliphatic heterocycles. The maximum atomic E-state index is 12.0. The number of likely N-dealkylation sites (tertiary alicyclic amines) is 1. The summed E-state index contributed by atoms with van der Waals surface area (Å²) in [6.45, 7) is 1.48. The van der Waals surface area contributed by atoms with E-state index in [2.05, 4.69) is 34.9 Å². The highest BCUT2D eigenvalue weighted by Crippen LogP contribution is 2.24. The van der Waals surface area contributed by atoms with E-state index in [1.807, 2.05) is 26.4 Å². The summed E-state index contributed by atoms with van der Waals surface area (Å²) in [5.74, 6) is 0.172. The van der Waals surface area contributed by atoms with Gasteiger partial charge in [-0.15, -0.1) is 0 Å². The second-order valence-corrected chi connectivity index (χ2v) is 6.21. The van der Waals surface area contributed by atoms with Crippen molar-refractivity contribution in [2.75, 3.05) is 41.3 Å². The van der Waals surface area contributed by atoms with E-state index >= 15 is 0 Å². The van der Waals surface area contributed by atoms with Crippen molar-refractivity contribution >= 4 is 5.91 Å². The highest BCUT2D eigenvalue weighted by molar-refractivity contribution is 5.77. The summed E-state index contributed by atoms with van der Waals surface area (Å²) in [5.41, 5.74) is 1.23. The Morgan fingerprint density at radius 2 is 2.14 bits per heavy atom. The first-order valence-corrected chi connectivity index (χ1v) is 7.48. The summed E-state index contributed by atoms with van der Waals surface area (Å²) >= 11 is 0. The average Bonchev–Trinajstić information content (AvgIpc) is 2.83. The van der Waals surface area contributed by atoms with Crippen molar-refractivity contribution in [2.24, 2.45) is 0 Å². The Bertz CT molecular complexity index is 461. The Morgan fingerprint density at radius 3 is 2.71 bits per heavy atom. The van der Waals surface area contributed by atoms with Gasteiger partial charge in [0.25, 0.3) is 0 Å². The molecule has 5 nitrogen and oxygen atoms in total. The summed E-state index contributed by atoms with van der Waals surface area (Å²) in [6.07, 6.45) is 5.78. The number of hydrogen-bond acceptors (Lipinski definition) is 4. The Kier molecular flexibility index (Phi) is 5.31. The Labute approximate surface area is 127 Å². The molecule has 2 rings (SSSR count).